The maximum absolute atomic E-state index is 13.2. The van der Waals surface area contributed by atoms with Gasteiger partial charge in [-0.2, -0.15) is 0 Å². The Hall–Kier alpha value is -2.87. The largest absolute Gasteiger partial charge is 0.357 e. The number of anilines is 1. The minimum atomic E-state index is -3.50. The van der Waals surface area contributed by atoms with E-state index in [9.17, 15) is 18.0 Å². The van der Waals surface area contributed by atoms with Gasteiger partial charge in [0.2, 0.25) is 21.8 Å². The van der Waals surface area contributed by atoms with Crippen LogP contribution in [0.15, 0.2) is 54.6 Å². The Bertz CT molecular complexity index is 1020. The van der Waals surface area contributed by atoms with Crippen LogP contribution in [-0.2, 0) is 26.0 Å². The van der Waals surface area contributed by atoms with Crippen molar-refractivity contribution in [3.05, 3.63) is 65.7 Å². The summed E-state index contributed by atoms with van der Waals surface area (Å²) in [5.74, 6) is -0.351. The number of nitrogens with one attached hydrogen (secondary N) is 1. The van der Waals surface area contributed by atoms with Crippen molar-refractivity contribution in [1.82, 2.24) is 10.2 Å². The van der Waals surface area contributed by atoms with Gasteiger partial charge in [0, 0.05) is 26.6 Å². The molecule has 0 heterocycles. The van der Waals surface area contributed by atoms with Crippen LogP contribution in [0.4, 0.5) is 5.69 Å². The van der Waals surface area contributed by atoms with Crippen LogP contribution < -0.4 is 9.62 Å². The lowest BCUT2D eigenvalue weighted by molar-refractivity contribution is -0.140. The number of carbonyl (C=O) groups is 2. The van der Waals surface area contributed by atoms with E-state index in [1.807, 2.05) is 56.3 Å². The molecule has 2 amide bonds. The molecule has 33 heavy (non-hydrogen) atoms. The maximum atomic E-state index is 13.2. The second-order valence-electron chi connectivity index (χ2n) is 8.09. The third-order valence-corrected chi connectivity index (χ3v) is 6.83. The van der Waals surface area contributed by atoms with Gasteiger partial charge in [-0.1, -0.05) is 55.5 Å². The van der Waals surface area contributed by atoms with Gasteiger partial charge >= 0.3 is 0 Å². The highest BCUT2D eigenvalue weighted by atomic mass is 32.2. The van der Waals surface area contributed by atoms with Crippen LogP contribution in [0.25, 0.3) is 0 Å². The van der Waals surface area contributed by atoms with E-state index in [0.717, 1.165) is 11.1 Å². The monoisotopic (exact) mass is 473 g/mol. The number of nitrogens with zero attached hydrogens (tertiary/aromatic N) is 2. The number of hydrogen-bond acceptors (Lipinski definition) is 4. The summed E-state index contributed by atoms with van der Waals surface area (Å²) in [5, 5.41) is 2.65. The highest BCUT2D eigenvalue weighted by molar-refractivity contribution is 7.92. The molecule has 180 valence electrons. The van der Waals surface area contributed by atoms with Crippen LogP contribution in [0.1, 0.15) is 37.3 Å². The summed E-state index contributed by atoms with van der Waals surface area (Å²) < 4.78 is 26.2. The van der Waals surface area contributed by atoms with Crippen molar-refractivity contribution < 1.29 is 18.0 Å². The summed E-state index contributed by atoms with van der Waals surface area (Å²) in [4.78, 5) is 27.3. The fourth-order valence-electron chi connectivity index (χ4n) is 3.89. The van der Waals surface area contributed by atoms with Crippen LogP contribution in [0.2, 0.25) is 0 Å². The number of sulfonamides is 1. The zero-order chi connectivity index (χ0) is 24.4. The Kier molecular flexibility index (Phi) is 9.91. The summed E-state index contributed by atoms with van der Waals surface area (Å²) in [6, 6.07) is 16.5. The number of carbonyl (C=O) groups excluding carboxylic acids is 2. The summed E-state index contributed by atoms with van der Waals surface area (Å²) >= 11 is 0. The molecule has 2 aromatic carbocycles. The zero-order valence-electron chi connectivity index (χ0n) is 20.0. The molecule has 0 fully saturated rings. The summed E-state index contributed by atoms with van der Waals surface area (Å²) in [7, 11) is -1.93. The van der Waals surface area contributed by atoms with Crippen LogP contribution in [0.3, 0.4) is 0 Å². The average molecular weight is 474 g/mol. The number of hydrogen-bond donors (Lipinski definition) is 1. The lowest BCUT2D eigenvalue weighted by Crippen LogP contribution is -2.49. The molecule has 0 saturated heterocycles. The topological polar surface area (TPSA) is 86.8 Å². The van der Waals surface area contributed by atoms with Gasteiger partial charge in [-0.3, -0.25) is 13.9 Å². The molecule has 0 aromatic heterocycles. The Morgan fingerprint density at radius 2 is 1.64 bits per heavy atom. The van der Waals surface area contributed by atoms with Crippen LogP contribution in [0, 0.1) is 6.92 Å². The Labute approximate surface area is 197 Å². The molecule has 0 bridgehead atoms. The molecule has 8 heteroatoms. The molecule has 1 N–H and O–H groups in total. The van der Waals surface area contributed by atoms with Crippen LogP contribution >= 0.6 is 0 Å². The van der Waals surface area contributed by atoms with E-state index in [4.69, 9.17) is 0 Å². The number of likely N-dealkylation sites (N-methyl/N-ethyl adjacent to an activating group) is 1. The number of para-hydroxylation sites is 1. The Morgan fingerprint density at radius 3 is 2.21 bits per heavy atom. The number of amides is 2. The predicted octanol–water partition coefficient (Wildman–Crippen LogP) is 3.14. The molecule has 2 aromatic rings. The van der Waals surface area contributed by atoms with Crippen molar-refractivity contribution in [2.24, 2.45) is 0 Å². The first-order chi connectivity index (χ1) is 15.7. The van der Waals surface area contributed by atoms with E-state index >= 15 is 0 Å². The molecule has 1 unspecified atom stereocenters. The smallest absolute Gasteiger partial charge is 0.242 e. The quantitative estimate of drug-likeness (QED) is 0.513. The maximum Gasteiger partial charge on any atom is 0.242 e. The molecular formula is C25H35N3O4S. The number of benzene rings is 2. The van der Waals surface area contributed by atoms with Crippen molar-refractivity contribution >= 4 is 27.5 Å². The molecular weight excluding hydrogens is 438 g/mol. The first-order valence-electron chi connectivity index (χ1n) is 11.3. The molecule has 1 atom stereocenters. The van der Waals surface area contributed by atoms with Crippen molar-refractivity contribution in [2.75, 3.05) is 30.7 Å². The van der Waals surface area contributed by atoms with Gasteiger partial charge in [0.05, 0.1) is 11.9 Å². The third kappa shape index (κ3) is 7.60. The van der Waals surface area contributed by atoms with E-state index in [1.54, 1.807) is 24.1 Å². The van der Waals surface area contributed by atoms with Crippen LogP contribution in [-0.4, -0.2) is 57.6 Å². The Balaban J connectivity index is 2.13. The van der Waals surface area contributed by atoms with Gasteiger partial charge in [0.1, 0.15) is 6.04 Å². The van der Waals surface area contributed by atoms with Gasteiger partial charge in [-0.25, -0.2) is 8.42 Å². The average Bonchev–Trinajstić information content (AvgIpc) is 2.79. The van der Waals surface area contributed by atoms with Gasteiger partial charge in [-0.05, 0) is 43.4 Å². The minimum absolute atomic E-state index is 0.153. The van der Waals surface area contributed by atoms with Gasteiger partial charge < -0.3 is 10.2 Å². The Morgan fingerprint density at radius 1 is 1.00 bits per heavy atom. The molecule has 0 aliphatic rings. The second-order valence-corrected chi connectivity index (χ2v) is 9.99. The first kappa shape index (κ1) is 26.4. The van der Waals surface area contributed by atoms with Crippen molar-refractivity contribution in [2.45, 2.75) is 45.6 Å². The predicted molar refractivity (Wildman–Crippen MR) is 133 cm³/mol. The highest BCUT2D eigenvalue weighted by Crippen LogP contribution is 2.23. The fraction of sp³-hybridized carbons (Fsp3) is 0.440. The van der Waals surface area contributed by atoms with Gasteiger partial charge in [-0.15, -0.1) is 0 Å². The molecule has 0 spiro atoms. The SMILES string of the molecule is CCC(C(=O)NC)N(CCc1ccccc1)C(=O)CCCN(c1ccccc1C)S(C)(=O)=O. The molecule has 0 aliphatic heterocycles. The van der Waals surface area contributed by atoms with E-state index in [-0.39, 0.29) is 24.8 Å². The minimum Gasteiger partial charge on any atom is -0.357 e. The van der Waals surface area contributed by atoms with E-state index in [0.29, 0.717) is 31.5 Å². The number of aryl methyl sites for hydroxylation is 1. The van der Waals surface area contributed by atoms with E-state index < -0.39 is 16.1 Å². The summed E-state index contributed by atoms with van der Waals surface area (Å²) in [6.07, 6.45) is 2.82. The molecule has 0 aliphatic carbocycles. The lowest BCUT2D eigenvalue weighted by atomic mass is 10.1. The van der Waals surface area contributed by atoms with Crippen molar-refractivity contribution in [3.63, 3.8) is 0 Å². The fourth-order valence-corrected chi connectivity index (χ4v) is 4.91. The highest BCUT2D eigenvalue weighted by Gasteiger charge is 2.28. The van der Waals surface area contributed by atoms with E-state index in [2.05, 4.69) is 5.32 Å². The molecule has 0 saturated carbocycles. The third-order valence-electron chi connectivity index (χ3n) is 5.65. The first-order valence-corrected chi connectivity index (χ1v) is 13.1. The van der Waals surface area contributed by atoms with E-state index in [1.165, 1.54) is 10.6 Å². The molecule has 2 rings (SSSR count). The summed E-state index contributed by atoms with van der Waals surface area (Å²) in [6.45, 7) is 4.35. The summed E-state index contributed by atoms with van der Waals surface area (Å²) in [5.41, 5.74) is 2.56. The standard InChI is InChI=1S/C25H35N3O4S/c1-5-22(25(30)26-3)27(19-17-21-13-7-6-8-14-21)24(29)16-11-18-28(33(4,31)32)23-15-10-9-12-20(23)2/h6-10,12-15,22H,5,11,16-19H2,1-4H3,(H,26,30). The molecule has 0 radical (unpaired) electrons. The molecule has 7 nitrogen and oxygen atoms in total. The van der Waals surface area contributed by atoms with Gasteiger partial charge in [0.15, 0.2) is 0 Å². The normalized spacial score (nSPS) is 12.1. The lowest BCUT2D eigenvalue weighted by Gasteiger charge is -2.31. The zero-order valence-corrected chi connectivity index (χ0v) is 20.8. The van der Waals surface area contributed by atoms with Crippen molar-refractivity contribution in [3.8, 4) is 0 Å². The van der Waals surface area contributed by atoms with Gasteiger partial charge in [0.25, 0.3) is 0 Å². The number of rotatable bonds is 12. The van der Waals surface area contributed by atoms with Crippen LogP contribution in [0.5, 0.6) is 0 Å². The van der Waals surface area contributed by atoms with Crippen molar-refractivity contribution in [1.29, 1.82) is 0 Å². The second kappa shape index (κ2) is 12.4.